The third-order valence-corrected chi connectivity index (χ3v) is 7.46. The molecule has 2 heteroatoms. The number of furan rings is 1. The van der Waals surface area contributed by atoms with Gasteiger partial charge in [0.2, 0.25) is 5.71 Å². The third kappa shape index (κ3) is 3.45. The van der Waals surface area contributed by atoms with Crippen LogP contribution in [0.2, 0.25) is 0 Å². The summed E-state index contributed by atoms with van der Waals surface area (Å²) in [5.41, 5.74) is 6.35. The Bertz CT molecular complexity index is 2020. The highest BCUT2D eigenvalue weighted by Gasteiger charge is 2.11. The van der Waals surface area contributed by atoms with Crippen LogP contribution in [0.4, 0.5) is 0 Å². The molecular weight excluding hydrogens is 450 g/mol. The Morgan fingerprint density at radius 3 is 1.92 bits per heavy atom. The molecule has 7 rings (SSSR count). The minimum absolute atomic E-state index is 0.682. The van der Waals surface area contributed by atoms with Crippen LogP contribution in [0, 0.1) is 0 Å². The molecular formula is C35H25NO. The molecule has 0 N–H and O–H groups in total. The summed E-state index contributed by atoms with van der Waals surface area (Å²) < 4.78 is 5.92. The van der Waals surface area contributed by atoms with Crippen molar-refractivity contribution in [1.29, 1.82) is 0 Å². The molecule has 0 bridgehead atoms. The first kappa shape index (κ1) is 21.6. The Morgan fingerprint density at radius 1 is 0.622 bits per heavy atom. The van der Waals surface area contributed by atoms with E-state index in [1.807, 2.05) is 12.1 Å². The second kappa shape index (κ2) is 8.46. The van der Waals surface area contributed by atoms with Crippen molar-refractivity contribution in [3.63, 3.8) is 0 Å². The lowest BCUT2D eigenvalue weighted by Gasteiger charge is -2.13. The lowest BCUT2D eigenvalue weighted by Crippen LogP contribution is -1.88. The van der Waals surface area contributed by atoms with Crippen LogP contribution < -0.4 is 0 Å². The van der Waals surface area contributed by atoms with Crippen LogP contribution in [-0.4, -0.2) is 4.98 Å². The first-order chi connectivity index (χ1) is 18.2. The van der Waals surface area contributed by atoms with E-state index >= 15 is 0 Å². The molecule has 2 nitrogen and oxygen atoms in total. The molecule has 0 radical (unpaired) electrons. The number of fused-ring (bicyclic) bond motifs is 9. The van der Waals surface area contributed by atoms with E-state index in [0.29, 0.717) is 5.71 Å². The van der Waals surface area contributed by atoms with Crippen molar-refractivity contribution >= 4 is 65.5 Å². The largest absolute Gasteiger partial charge is 0.438 e. The van der Waals surface area contributed by atoms with Crippen molar-refractivity contribution < 1.29 is 4.42 Å². The standard InChI is InChI=1S/C35H25NO/c1-3-23(19-22(2)24-15-17-34-33(20-24)31-13-8-18-36-35(31)37-34)25-14-16-30-28-11-5-4-9-26(28)27-10-6-7-12-29(27)32(30)21-25/h3-21H,1-2H3/b22-19+,23-3+. The summed E-state index contributed by atoms with van der Waals surface area (Å²) >= 11 is 0. The zero-order valence-corrected chi connectivity index (χ0v) is 20.8. The van der Waals surface area contributed by atoms with Gasteiger partial charge in [-0.2, -0.15) is 0 Å². The number of nitrogens with zero attached hydrogens (tertiary/aromatic N) is 1. The monoisotopic (exact) mass is 475 g/mol. The molecule has 7 aromatic rings. The van der Waals surface area contributed by atoms with Crippen molar-refractivity contribution in [3.8, 4) is 0 Å². The normalized spacial score (nSPS) is 12.9. The van der Waals surface area contributed by atoms with Crippen molar-refractivity contribution in [3.05, 3.63) is 127 Å². The molecule has 2 aromatic heterocycles. The van der Waals surface area contributed by atoms with Crippen LogP contribution >= 0.6 is 0 Å². The minimum Gasteiger partial charge on any atom is -0.438 e. The number of rotatable bonds is 3. The third-order valence-electron chi connectivity index (χ3n) is 7.46. The van der Waals surface area contributed by atoms with E-state index in [-0.39, 0.29) is 0 Å². The fourth-order valence-corrected chi connectivity index (χ4v) is 5.59. The van der Waals surface area contributed by atoms with Gasteiger partial charge >= 0.3 is 0 Å². The number of hydrogen-bond donors (Lipinski definition) is 0. The Labute approximate surface area is 215 Å². The molecule has 2 heterocycles. The van der Waals surface area contributed by atoms with Gasteiger partial charge in [0.15, 0.2) is 0 Å². The molecule has 0 saturated heterocycles. The van der Waals surface area contributed by atoms with Gasteiger partial charge in [-0.25, -0.2) is 4.98 Å². The molecule has 0 saturated carbocycles. The molecule has 0 amide bonds. The van der Waals surface area contributed by atoms with Gasteiger partial charge in [0.05, 0.1) is 0 Å². The maximum atomic E-state index is 5.92. The van der Waals surface area contributed by atoms with E-state index in [9.17, 15) is 0 Å². The number of hydrogen-bond acceptors (Lipinski definition) is 2. The van der Waals surface area contributed by atoms with E-state index < -0.39 is 0 Å². The number of pyridine rings is 1. The van der Waals surface area contributed by atoms with Crippen LogP contribution in [0.15, 0.2) is 120 Å². The van der Waals surface area contributed by atoms with Gasteiger partial charge in [0.1, 0.15) is 5.58 Å². The van der Waals surface area contributed by atoms with Crippen LogP contribution in [0.25, 0.3) is 65.5 Å². The lowest BCUT2D eigenvalue weighted by molar-refractivity contribution is 0.654. The SMILES string of the molecule is C/C=C(\C=C(/C)c1ccc2oc3ncccc3c2c1)c1ccc2c3ccccc3c3ccccc3c2c1. The summed E-state index contributed by atoms with van der Waals surface area (Å²) in [5, 5.41) is 9.92. The summed E-state index contributed by atoms with van der Waals surface area (Å²) in [4.78, 5) is 4.37. The first-order valence-electron chi connectivity index (χ1n) is 12.7. The van der Waals surface area contributed by atoms with Gasteiger partial charge in [0.25, 0.3) is 0 Å². The summed E-state index contributed by atoms with van der Waals surface area (Å²) in [7, 11) is 0. The Kier molecular flexibility index (Phi) is 4.93. The van der Waals surface area contributed by atoms with Crippen LogP contribution in [0.5, 0.6) is 0 Å². The molecule has 0 aliphatic rings. The smallest absolute Gasteiger partial charge is 0.227 e. The van der Waals surface area contributed by atoms with Gasteiger partial charge in [0, 0.05) is 17.0 Å². The molecule has 0 aliphatic heterocycles. The van der Waals surface area contributed by atoms with Gasteiger partial charge in [-0.1, -0.05) is 78.9 Å². The van der Waals surface area contributed by atoms with Gasteiger partial charge < -0.3 is 4.42 Å². The highest BCUT2D eigenvalue weighted by atomic mass is 16.3. The summed E-state index contributed by atoms with van der Waals surface area (Å²) in [5.74, 6) is 0. The van der Waals surface area contributed by atoms with Gasteiger partial charge in [-0.3, -0.25) is 0 Å². The topological polar surface area (TPSA) is 26.0 Å². The molecule has 0 atom stereocenters. The fourth-order valence-electron chi connectivity index (χ4n) is 5.59. The number of benzene rings is 5. The second-order valence-electron chi connectivity index (χ2n) is 9.59. The van der Waals surface area contributed by atoms with Crippen LogP contribution in [0.3, 0.4) is 0 Å². The van der Waals surface area contributed by atoms with Crippen molar-refractivity contribution in [2.45, 2.75) is 13.8 Å². The van der Waals surface area contributed by atoms with E-state index in [2.05, 4.69) is 116 Å². The second-order valence-corrected chi connectivity index (χ2v) is 9.59. The van der Waals surface area contributed by atoms with E-state index in [1.165, 1.54) is 54.6 Å². The van der Waals surface area contributed by atoms with E-state index in [0.717, 1.165) is 16.4 Å². The summed E-state index contributed by atoms with van der Waals surface area (Å²) in [6, 6.07) is 34.7. The van der Waals surface area contributed by atoms with E-state index in [4.69, 9.17) is 4.42 Å². The fraction of sp³-hybridized carbons (Fsp3) is 0.0571. The molecule has 0 spiro atoms. The van der Waals surface area contributed by atoms with Crippen molar-refractivity contribution in [2.75, 3.05) is 0 Å². The molecule has 0 fully saturated rings. The predicted molar refractivity (Wildman–Crippen MR) is 158 cm³/mol. The number of aromatic nitrogens is 1. The van der Waals surface area contributed by atoms with Crippen molar-refractivity contribution in [2.24, 2.45) is 0 Å². The average Bonchev–Trinajstić information content (AvgIpc) is 3.33. The first-order valence-corrected chi connectivity index (χ1v) is 12.7. The quantitative estimate of drug-likeness (QED) is 0.188. The van der Waals surface area contributed by atoms with Crippen LogP contribution in [-0.2, 0) is 0 Å². The average molecular weight is 476 g/mol. The van der Waals surface area contributed by atoms with Gasteiger partial charge in [-0.05, 0) is 98.8 Å². The number of allylic oxidation sites excluding steroid dienone is 4. The highest BCUT2D eigenvalue weighted by Crippen LogP contribution is 2.37. The van der Waals surface area contributed by atoms with Crippen LogP contribution in [0.1, 0.15) is 25.0 Å². The highest BCUT2D eigenvalue weighted by molar-refractivity contribution is 6.25. The Hall–Kier alpha value is -4.69. The lowest BCUT2D eigenvalue weighted by atomic mass is 9.91. The van der Waals surface area contributed by atoms with Gasteiger partial charge in [-0.15, -0.1) is 0 Å². The molecule has 0 unspecified atom stereocenters. The summed E-state index contributed by atoms with van der Waals surface area (Å²) in [6.45, 7) is 4.29. The zero-order chi connectivity index (χ0) is 24.9. The molecule has 5 aromatic carbocycles. The molecule has 37 heavy (non-hydrogen) atoms. The minimum atomic E-state index is 0.682. The summed E-state index contributed by atoms with van der Waals surface area (Å²) in [6.07, 6.45) is 6.25. The molecule has 176 valence electrons. The maximum Gasteiger partial charge on any atom is 0.227 e. The maximum absolute atomic E-state index is 5.92. The van der Waals surface area contributed by atoms with Crippen molar-refractivity contribution in [1.82, 2.24) is 4.98 Å². The zero-order valence-electron chi connectivity index (χ0n) is 20.8. The Balaban J connectivity index is 1.37. The molecule has 0 aliphatic carbocycles. The Morgan fingerprint density at radius 2 is 1.22 bits per heavy atom. The van der Waals surface area contributed by atoms with E-state index in [1.54, 1.807) is 6.20 Å². The predicted octanol–water partition coefficient (Wildman–Crippen LogP) is 9.95.